The Morgan fingerprint density at radius 3 is 2.64 bits per heavy atom. The van der Waals surface area contributed by atoms with Gasteiger partial charge in [-0.25, -0.2) is 9.48 Å². The van der Waals surface area contributed by atoms with E-state index in [1.54, 1.807) is 18.7 Å². The van der Waals surface area contributed by atoms with Crippen molar-refractivity contribution >= 4 is 23.3 Å². The highest BCUT2D eigenvalue weighted by atomic mass is 35.5. The second-order valence-electron chi connectivity index (χ2n) is 5.33. The molecule has 1 aliphatic rings. The number of nitrogens with one attached hydrogen (secondary N) is 1. The Labute approximate surface area is 148 Å². The Hall–Kier alpha value is -2.93. The average Bonchev–Trinajstić information content (AvgIpc) is 2.98. The van der Waals surface area contributed by atoms with Gasteiger partial charge in [-0.2, -0.15) is 0 Å². The van der Waals surface area contributed by atoms with Gasteiger partial charge in [-0.15, -0.1) is 11.6 Å². The lowest BCUT2D eigenvalue weighted by Gasteiger charge is -2.08. The third-order valence-corrected chi connectivity index (χ3v) is 4.27. The van der Waals surface area contributed by atoms with Crippen LogP contribution in [0.15, 0.2) is 59.6 Å². The van der Waals surface area contributed by atoms with Gasteiger partial charge >= 0.3 is 11.9 Å². The molecule has 1 aliphatic heterocycles. The van der Waals surface area contributed by atoms with Crippen LogP contribution in [-0.2, 0) is 21.3 Å². The molecule has 25 heavy (non-hydrogen) atoms. The molecule has 0 aliphatic carbocycles. The van der Waals surface area contributed by atoms with Crippen LogP contribution >= 0.6 is 11.6 Å². The highest BCUT2D eigenvalue weighted by Crippen LogP contribution is 2.28. The minimum Gasteiger partial charge on any atom is -0.433 e. The van der Waals surface area contributed by atoms with Crippen LogP contribution in [0, 0.1) is 6.92 Å². The number of alkyl halides is 1. The standard InChI is InChI=1S/C17H16ClN3O4/c1-4-24-17-14(12(18)16(23)25-17)19-13-10(2)20(3)21(15(13)22)11-8-6-5-7-9-11/h4-9,12,19H,1H2,2-3H3. The summed E-state index contributed by atoms with van der Waals surface area (Å²) in [6, 6.07) is 9.19. The fourth-order valence-corrected chi connectivity index (χ4v) is 2.73. The van der Waals surface area contributed by atoms with Crippen molar-refractivity contribution in [2.75, 3.05) is 5.32 Å². The molecule has 0 saturated heterocycles. The summed E-state index contributed by atoms with van der Waals surface area (Å²) in [6.07, 6.45) is 1.11. The summed E-state index contributed by atoms with van der Waals surface area (Å²) >= 11 is 6.05. The van der Waals surface area contributed by atoms with Crippen molar-refractivity contribution in [3.63, 3.8) is 0 Å². The molecule has 2 aromatic rings. The van der Waals surface area contributed by atoms with Gasteiger partial charge in [0, 0.05) is 7.05 Å². The minimum atomic E-state index is -1.10. The third kappa shape index (κ3) is 2.83. The fourth-order valence-electron chi connectivity index (χ4n) is 2.54. The molecule has 0 spiro atoms. The van der Waals surface area contributed by atoms with Gasteiger partial charge in [0.1, 0.15) is 11.4 Å². The summed E-state index contributed by atoms with van der Waals surface area (Å²) in [7, 11) is 1.76. The number of hydrogen-bond acceptors (Lipinski definition) is 5. The molecule has 0 bridgehead atoms. The lowest BCUT2D eigenvalue weighted by molar-refractivity contribution is -0.139. The van der Waals surface area contributed by atoms with Crippen LogP contribution in [0.5, 0.6) is 0 Å². The number of ether oxygens (including phenoxy) is 2. The van der Waals surface area contributed by atoms with Crippen molar-refractivity contribution in [3.05, 3.63) is 70.9 Å². The van der Waals surface area contributed by atoms with Crippen LogP contribution in [-0.4, -0.2) is 20.7 Å². The summed E-state index contributed by atoms with van der Waals surface area (Å²) in [5.41, 5.74) is 1.51. The zero-order valence-electron chi connectivity index (χ0n) is 13.7. The van der Waals surface area contributed by atoms with E-state index >= 15 is 0 Å². The highest BCUT2D eigenvalue weighted by molar-refractivity contribution is 6.33. The average molecular weight is 362 g/mol. The molecule has 0 saturated carbocycles. The van der Waals surface area contributed by atoms with E-state index in [1.807, 2.05) is 30.3 Å². The smallest absolute Gasteiger partial charge is 0.338 e. The van der Waals surface area contributed by atoms with Gasteiger partial charge < -0.3 is 14.8 Å². The van der Waals surface area contributed by atoms with E-state index in [9.17, 15) is 9.59 Å². The molecular weight excluding hydrogens is 346 g/mol. The Bertz CT molecular complexity index is 927. The number of benzene rings is 1. The molecule has 130 valence electrons. The maximum Gasteiger partial charge on any atom is 0.338 e. The van der Waals surface area contributed by atoms with Gasteiger partial charge in [0.05, 0.1) is 17.6 Å². The Morgan fingerprint density at radius 2 is 2.00 bits per heavy atom. The third-order valence-electron chi connectivity index (χ3n) is 3.88. The minimum absolute atomic E-state index is 0.117. The van der Waals surface area contributed by atoms with E-state index in [0.29, 0.717) is 11.4 Å². The normalized spacial score (nSPS) is 16.8. The largest absolute Gasteiger partial charge is 0.433 e. The fraction of sp³-hybridized carbons (Fsp3) is 0.176. The number of anilines is 1. The van der Waals surface area contributed by atoms with E-state index in [0.717, 1.165) is 6.26 Å². The molecule has 1 unspecified atom stereocenters. The van der Waals surface area contributed by atoms with Crippen molar-refractivity contribution < 1.29 is 14.3 Å². The molecule has 1 aromatic heterocycles. The van der Waals surface area contributed by atoms with Crippen molar-refractivity contribution in [2.24, 2.45) is 7.05 Å². The van der Waals surface area contributed by atoms with Gasteiger partial charge in [0.15, 0.2) is 5.38 Å². The summed E-state index contributed by atoms with van der Waals surface area (Å²) in [5, 5.41) is 1.80. The van der Waals surface area contributed by atoms with Crippen LogP contribution in [0.4, 0.5) is 5.69 Å². The first-order valence-corrected chi connectivity index (χ1v) is 7.88. The number of rotatable bonds is 5. The van der Waals surface area contributed by atoms with Gasteiger partial charge in [-0.3, -0.25) is 9.48 Å². The molecule has 1 atom stereocenters. The predicted octanol–water partition coefficient (Wildman–Crippen LogP) is 2.39. The number of aromatic nitrogens is 2. The first-order valence-electron chi connectivity index (χ1n) is 7.44. The molecule has 1 aromatic carbocycles. The number of hydrogen-bond donors (Lipinski definition) is 1. The number of halogens is 1. The van der Waals surface area contributed by atoms with Crippen LogP contribution in [0.2, 0.25) is 0 Å². The molecule has 0 fully saturated rings. The quantitative estimate of drug-likeness (QED) is 0.503. The van der Waals surface area contributed by atoms with E-state index < -0.39 is 11.3 Å². The van der Waals surface area contributed by atoms with Crippen molar-refractivity contribution in [2.45, 2.75) is 12.3 Å². The maximum absolute atomic E-state index is 12.9. The molecule has 2 heterocycles. The van der Waals surface area contributed by atoms with Crippen molar-refractivity contribution in [3.8, 4) is 5.69 Å². The summed E-state index contributed by atoms with van der Waals surface area (Å²) in [6.45, 7) is 5.20. The van der Waals surface area contributed by atoms with Gasteiger partial charge in [0.25, 0.3) is 5.56 Å². The number of carbonyl (C=O) groups is 1. The second-order valence-corrected chi connectivity index (χ2v) is 5.77. The molecule has 7 nitrogen and oxygen atoms in total. The SMILES string of the molecule is C=COC1=C(Nc2c(C)n(C)n(-c3ccccc3)c2=O)C(Cl)C(=O)O1. The highest BCUT2D eigenvalue weighted by Gasteiger charge is 2.37. The number of esters is 1. The first-order chi connectivity index (χ1) is 12.0. The van der Waals surface area contributed by atoms with Crippen LogP contribution in [0.1, 0.15) is 5.69 Å². The lowest BCUT2D eigenvalue weighted by atomic mass is 10.3. The van der Waals surface area contributed by atoms with E-state index in [-0.39, 0.29) is 22.9 Å². The van der Waals surface area contributed by atoms with Crippen molar-refractivity contribution in [1.29, 1.82) is 0 Å². The van der Waals surface area contributed by atoms with Gasteiger partial charge in [-0.05, 0) is 19.1 Å². The van der Waals surface area contributed by atoms with Gasteiger partial charge in [0.2, 0.25) is 0 Å². The molecule has 3 rings (SSSR count). The Kier molecular flexibility index (Phi) is 4.41. The van der Waals surface area contributed by atoms with Gasteiger partial charge in [-0.1, -0.05) is 24.8 Å². The monoisotopic (exact) mass is 361 g/mol. The maximum atomic E-state index is 12.9. The van der Waals surface area contributed by atoms with E-state index in [1.165, 1.54) is 4.68 Å². The Balaban J connectivity index is 2.07. The second kappa shape index (κ2) is 6.52. The molecule has 8 heteroatoms. The zero-order chi connectivity index (χ0) is 18.1. The lowest BCUT2D eigenvalue weighted by Crippen LogP contribution is -2.22. The molecule has 0 radical (unpaired) electrons. The zero-order valence-corrected chi connectivity index (χ0v) is 14.4. The summed E-state index contributed by atoms with van der Waals surface area (Å²) in [5.74, 6) is -0.799. The van der Waals surface area contributed by atoms with Crippen molar-refractivity contribution in [1.82, 2.24) is 9.36 Å². The van der Waals surface area contributed by atoms with Crippen LogP contribution in [0.3, 0.4) is 0 Å². The number of cyclic esters (lactones) is 1. The van der Waals surface area contributed by atoms with Crippen LogP contribution in [0.25, 0.3) is 5.69 Å². The van der Waals surface area contributed by atoms with E-state index in [2.05, 4.69) is 11.9 Å². The molecule has 0 amide bonds. The number of carbonyl (C=O) groups excluding carboxylic acids is 1. The Morgan fingerprint density at radius 1 is 1.32 bits per heavy atom. The molecule has 1 N–H and O–H groups in total. The van der Waals surface area contributed by atoms with Crippen LogP contribution < -0.4 is 10.9 Å². The summed E-state index contributed by atoms with van der Waals surface area (Å²) in [4.78, 5) is 24.6. The molecular formula is C17H16ClN3O4. The number of nitrogens with zero attached hydrogens (tertiary/aromatic N) is 2. The van der Waals surface area contributed by atoms with E-state index in [4.69, 9.17) is 21.1 Å². The number of para-hydroxylation sites is 1. The first kappa shape index (κ1) is 16.9. The topological polar surface area (TPSA) is 74.5 Å². The summed E-state index contributed by atoms with van der Waals surface area (Å²) < 4.78 is 13.2. The predicted molar refractivity (Wildman–Crippen MR) is 93.4 cm³/mol.